The highest BCUT2D eigenvalue weighted by Crippen LogP contribution is 2.35. The quantitative estimate of drug-likeness (QED) is 0.320. The van der Waals surface area contributed by atoms with E-state index in [0.29, 0.717) is 45.0 Å². The molecule has 1 fully saturated rings. The van der Waals surface area contributed by atoms with Crippen LogP contribution in [0.4, 0.5) is 13.2 Å². The van der Waals surface area contributed by atoms with Crippen molar-refractivity contribution in [3.63, 3.8) is 0 Å². The number of carbonyl (C=O) groups is 1. The van der Waals surface area contributed by atoms with E-state index in [2.05, 4.69) is 10.3 Å². The number of hydrogen-bond donors (Lipinski definition) is 1. The van der Waals surface area contributed by atoms with Crippen molar-refractivity contribution in [2.24, 2.45) is 10.9 Å². The summed E-state index contributed by atoms with van der Waals surface area (Å²) in [6.07, 6.45) is -3.10. The largest absolute Gasteiger partial charge is 0.491 e. The van der Waals surface area contributed by atoms with Gasteiger partial charge in [-0.3, -0.25) is 4.79 Å². The van der Waals surface area contributed by atoms with E-state index < -0.39 is 11.7 Å². The molecular formula is C20H28F3N3O3. The Kier molecular flexibility index (Phi) is 8.60. The molecule has 1 heterocycles. The number of benzene rings is 1. The normalized spacial score (nSPS) is 15.9. The second kappa shape index (κ2) is 10.9. The molecule has 0 atom stereocenters. The molecular weight excluding hydrogens is 387 g/mol. The van der Waals surface area contributed by atoms with Crippen molar-refractivity contribution in [3.05, 3.63) is 29.8 Å². The number of ether oxygens (including phenoxy) is 2. The molecule has 9 heteroatoms. The molecule has 0 unspecified atom stereocenters. The van der Waals surface area contributed by atoms with E-state index in [1.807, 2.05) is 11.8 Å². The number of carbonyl (C=O) groups excluding carboxylic acids is 1. The van der Waals surface area contributed by atoms with Gasteiger partial charge in [-0.25, -0.2) is 4.99 Å². The first-order valence-corrected chi connectivity index (χ1v) is 9.85. The zero-order valence-corrected chi connectivity index (χ0v) is 16.8. The van der Waals surface area contributed by atoms with Gasteiger partial charge in [0.15, 0.2) is 5.96 Å². The minimum atomic E-state index is -4.46. The Labute approximate surface area is 169 Å². The van der Waals surface area contributed by atoms with Gasteiger partial charge in [-0.1, -0.05) is 12.1 Å². The molecule has 1 N–H and O–H groups in total. The standard InChI is InChI=1S/C20H28F3N3O3/c1-3-24-19(26-12-9-15(10-13-26)18(27)28-4-2)25-11-14-29-17-8-6-5-7-16(17)20(21,22)23/h5-8,15H,3-4,9-14H2,1-2H3,(H,24,25). The number of alkyl halides is 3. The average molecular weight is 415 g/mol. The van der Waals surface area contributed by atoms with E-state index in [4.69, 9.17) is 9.47 Å². The first-order valence-electron chi connectivity index (χ1n) is 9.85. The summed E-state index contributed by atoms with van der Waals surface area (Å²) in [5, 5.41) is 3.18. The van der Waals surface area contributed by atoms with Gasteiger partial charge in [0.2, 0.25) is 0 Å². The van der Waals surface area contributed by atoms with Crippen LogP contribution < -0.4 is 10.1 Å². The molecule has 0 radical (unpaired) electrons. The number of halogens is 3. The van der Waals surface area contributed by atoms with E-state index in [1.165, 1.54) is 18.2 Å². The summed E-state index contributed by atoms with van der Waals surface area (Å²) in [5.74, 6) is 0.208. The van der Waals surface area contributed by atoms with Crippen molar-refractivity contribution >= 4 is 11.9 Å². The molecule has 0 aliphatic carbocycles. The number of para-hydroxylation sites is 1. The molecule has 1 aliphatic rings. The number of likely N-dealkylation sites (tertiary alicyclic amines) is 1. The van der Waals surface area contributed by atoms with E-state index >= 15 is 0 Å². The first-order chi connectivity index (χ1) is 13.9. The fourth-order valence-electron chi connectivity index (χ4n) is 3.15. The number of aliphatic imine (C=N–C) groups is 1. The number of hydrogen-bond acceptors (Lipinski definition) is 4. The Morgan fingerprint density at radius 2 is 1.93 bits per heavy atom. The number of nitrogens with zero attached hydrogens (tertiary/aromatic N) is 2. The number of esters is 1. The molecule has 0 saturated carbocycles. The van der Waals surface area contributed by atoms with Gasteiger partial charge in [-0.2, -0.15) is 13.2 Å². The van der Waals surface area contributed by atoms with Crippen molar-refractivity contribution in [1.82, 2.24) is 10.2 Å². The van der Waals surface area contributed by atoms with Crippen LogP contribution >= 0.6 is 0 Å². The van der Waals surface area contributed by atoms with E-state index in [9.17, 15) is 18.0 Å². The monoisotopic (exact) mass is 415 g/mol. The first kappa shape index (κ1) is 22.8. The lowest BCUT2D eigenvalue weighted by Gasteiger charge is -2.33. The summed E-state index contributed by atoms with van der Waals surface area (Å²) in [4.78, 5) is 18.4. The van der Waals surface area contributed by atoms with E-state index in [0.717, 1.165) is 6.07 Å². The highest BCUT2D eigenvalue weighted by molar-refractivity contribution is 5.80. The van der Waals surface area contributed by atoms with E-state index in [1.54, 1.807) is 6.92 Å². The third kappa shape index (κ3) is 6.83. The maximum atomic E-state index is 13.0. The van der Waals surface area contributed by atoms with Crippen LogP contribution in [0.3, 0.4) is 0 Å². The van der Waals surface area contributed by atoms with Crippen molar-refractivity contribution in [3.8, 4) is 5.75 Å². The zero-order valence-electron chi connectivity index (χ0n) is 16.8. The van der Waals surface area contributed by atoms with Crippen molar-refractivity contribution < 1.29 is 27.4 Å². The van der Waals surface area contributed by atoms with Gasteiger partial charge in [0, 0.05) is 19.6 Å². The topological polar surface area (TPSA) is 63.2 Å². The molecule has 2 rings (SSSR count). The smallest absolute Gasteiger partial charge is 0.419 e. The lowest BCUT2D eigenvalue weighted by Crippen LogP contribution is -2.46. The van der Waals surface area contributed by atoms with Crippen molar-refractivity contribution in [2.45, 2.75) is 32.9 Å². The van der Waals surface area contributed by atoms with Gasteiger partial charge in [0.1, 0.15) is 12.4 Å². The Balaban J connectivity index is 1.90. The Morgan fingerprint density at radius 1 is 1.24 bits per heavy atom. The molecule has 162 valence electrons. The molecule has 0 bridgehead atoms. The van der Waals surface area contributed by atoms with Crippen LogP contribution in [0.2, 0.25) is 0 Å². The predicted octanol–water partition coefficient (Wildman–Crippen LogP) is 3.32. The molecule has 1 aliphatic heterocycles. The van der Waals surface area contributed by atoms with Gasteiger partial charge in [0.05, 0.1) is 24.6 Å². The van der Waals surface area contributed by atoms with Crippen molar-refractivity contribution in [2.75, 3.05) is 39.4 Å². The van der Waals surface area contributed by atoms with Gasteiger partial charge >= 0.3 is 12.1 Å². The maximum Gasteiger partial charge on any atom is 0.419 e. The summed E-state index contributed by atoms with van der Waals surface area (Å²) in [7, 11) is 0. The van der Waals surface area contributed by atoms with Gasteiger partial charge in [0.25, 0.3) is 0 Å². The highest BCUT2D eigenvalue weighted by atomic mass is 19.4. The van der Waals surface area contributed by atoms with Gasteiger partial charge in [-0.15, -0.1) is 0 Å². The van der Waals surface area contributed by atoms with Crippen LogP contribution in [0.25, 0.3) is 0 Å². The molecule has 0 amide bonds. The lowest BCUT2D eigenvalue weighted by molar-refractivity contribution is -0.149. The molecule has 1 aromatic rings. The van der Waals surface area contributed by atoms with Crippen LogP contribution in [-0.2, 0) is 15.7 Å². The fraction of sp³-hybridized carbons (Fsp3) is 0.600. The number of piperidine rings is 1. The predicted molar refractivity (Wildman–Crippen MR) is 104 cm³/mol. The zero-order chi connectivity index (χ0) is 21.3. The summed E-state index contributed by atoms with van der Waals surface area (Å²) >= 11 is 0. The summed E-state index contributed by atoms with van der Waals surface area (Å²) in [6, 6.07) is 5.14. The van der Waals surface area contributed by atoms with Crippen LogP contribution in [0.15, 0.2) is 29.3 Å². The maximum absolute atomic E-state index is 13.0. The SMILES string of the molecule is CCNC(=NCCOc1ccccc1C(F)(F)F)N1CCC(C(=O)OCC)CC1. The number of rotatable bonds is 7. The minimum absolute atomic E-state index is 0.0290. The molecule has 0 spiro atoms. The van der Waals surface area contributed by atoms with Crippen molar-refractivity contribution in [1.29, 1.82) is 0 Å². The summed E-state index contributed by atoms with van der Waals surface area (Å²) < 4.78 is 49.4. The van der Waals surface area contributed by atoms with Gasteiger partial charge in [-0.05, 0) is 38.8 Å². The van der Waals surface area contributed by atoms with Crippen LogP contribution in [0, 0.1) is 5.92 Å². The third-order valence-corrected chi connectivity index (χ3v) is 4.55. The van der Waals surface area contributed by atoms with E-state index in [-0.39, 0.29) is 30.8 Å². The third-order valence-electron chi connectivity index (χ3n) is 4.55. The highest BCUT2D eigenvalue weighted by Gasteiger charge is 2.34. The second-order valence-electron chi connectivity index (χ2n) is 6.59. The molecule has 1 aromatic carbocycles. The van der Waals surface area contributed by atoms with Crippen LogP contribution in [-0.4, -0.2) is 56.2 Å². The Hall–Kier alpha value is -2.45. The molecule has 0 aromatic heterocycles. The molecule has 1 saturated heterocycles. The molecule has 6 nitrogen and oxygen atoms in total. The Bertz CT molecular complexity index is 687. The minimum Gasteiger partial charge on any atom is -0.491 e. The van der Waals surface area contributed by atoms with Crippen LogP contribution in [0.5, 0.6) is 5.75 Å². The van der Waals surface area contributed by atoms with Crippen LogP contribution in [0.1, 0.15) is 32.3 Å². The second-order valence-corrected chi connectivity index (χ2v) is 6.59. The fourth-order valence-corrected chi connectivity index (χ4v) is 3.15. The number of guanidine groups is 1. The Morgan fingerprint density at radius 3 is 2.55 bits per heavy atom. The summed E-state index contributed by atoms with van der Waals surface area (Å²) in [5.41, 5.74) is -0.795. The summed E-state index contributed by atoms with van der Waals surface area (Å²) in [6.45, 7) is 6.33. The molecule has 29 heavy (non-hydrogen) atoms. The average Bonchev–Trinajstić information content (AvgIpc) is 2.70. The number of nitrogens with one attached hydrogen (secondary N) is 1. The lowest BCUT2D eigenvalue weighted by atomic mass is 9.97. The van der Waals surface area contributed by atoms with Gasteiger partial charge < -0.3 is 19.7 Å².